The lowest BCUT2D eigenvalue weighted by molar-refractivity contribution is -0.142. The van der Waals surface area contributed by atoms with Crippen molar-refractivity contribution >= 4 is 23.6 Å². The second-order valence-electron chi connectivity index (χ2n) is 8.13. The summed E-state index contributed by atoms with van der Waals surface area (Å²) in [5.74, 6) is -2.23. The monoisotopic (exact) mass is 432 g/mol. The number of ether oxygens (including phenoxy) is 2. The van der Waals surface area contributed by atoms with Gasteiger partial charge < -0.3 is 20.1 Å². The molecule has 0 bridgehead atoms. The minimum absolute atomic E-state index is 0.0912. The number of nitrogens with one attached hydrogen (secondary N) is 2. The number of carbonyl (C=O) groups excluding carboxylic acids is 4. The van der Waals surface area contributed by atoms with E-state index in [4.69, 9.17) is 9.47 Å². The second-order valence-corrected chi connectivity index (χ2v) is 8.13. The Morgan fingerprint density at radius 1 is 1.19 bits per heavy atom. The van der Waals surface area contributed by atoms with Crippen LogP contribution in [0.15, 0.2) is 30.3 Å². The van der Waals surface area contributed by atoms with Crippen LogP contribution in [0.5, 0.6) is 0 Å². The van der Waals surface area contributed by atoms with E-state index < -0.39 is 29.7 Å². The average molecular weight is 433 g/mol. The summed E-state index contributed by atoms with van der Waals surface area (Å²) in [6.07, 6.45) is 0.495. The Morgan fingerprint density at radius 2 is 1.94 bits per heavy atom. The zero-order valence-corrected chi connectivity index (χ0v) is 18.2. The van der Waals surface area contributed by atoms with Gasteiger partial charge in [0, 0.05) is 32.1 Å². The molecular weight excluding hydrogens is 400 g/mol. The Hall–Kier alpha value is -2.74. The van der Waals surface area contributed by atoms with E-state index in [-0.39, 0.29) is 31.1 Å². The van der Waals surface area contributed by atoms with Gasteiger partial charge in [0.05, 0.1) is 6.04 Å². The van der Waals surface area contributed by atoms with E-state index in [0.717, 1.165) is 5.56 Å². The molecule has 0 spiro atoms. The molecule has 1 aliphatic heterocycles. The number of hydrogen-bond acceptors (Lipinski definition) is 6. The molecule has 1 heterocycles. The van der Waals surface area contributed by atoms with Crippen molar-refractivity contribution in [2.24, 2.45) is 11.8 Å². The van der Waals surface area contributed by atoms with E-state index >= 15 is 0 Å². The van der Waals surface area contributed by atoms with Gasteiger partial charge in [-0.25, -0.2) is 4.79 Å². The van der Waals surface area contributed by atoms with E-state index in [1.54, 1.807) is 0 Å². The van der Waals surface area contributed by atoms with Crippen LogP contribution in [0.2, 0.25) is 0 Å². The third kappa shape index (κ3) is 8.88. The predicted molar refractivity (Wildman–Crippen MR) is 114 cm³/mol. The molecule has 1 fully saturated rings. The maximum Gasteiger partial charge on any atom is 0.408 e. The van der Waals surface area contributed by atoms with Gasteiger partial charge in [-0.1, -0.05) is 44.2 Å². The summed E-state index contributed by atoms with van der Waals surface area (Å²) in [5, 5.41) is 5.19. The molecule has 2 amide bonds. The first-order valence-electron chi connectivity index (χ1n) is 10.8. The molecule has 0 aliphatic carbocycles. The summed E-state index contributed by atoms with van der Waals surface area (Å²) in [7, 11) is 0. The maximum absolute atomic E-state index is 13.0. The highest BCUT2D eigenvalue weighted by molar-refractivity contribution is 6.37. The number of rotatable bonds is 8. The maximum atomic E-state index is 13.0. The van der Waals surface area contributed by atoms with Crippen molar-refractivity contribution in [2.45, 2.75) is 52.2 Å². The third-order valence-electron chi connectivity index (χ3n) is 5.00. The van der Waals surface area contributed by atoms with Crippen LogP contribution in [0.25, 0.3) is 0 Å². The molecule has 1 aromatic carbocycles. The average Bonchev–Trinajstić information content (AvgIpc) is 2.75. The summed E-state index contributed by atoms with van der Waals surface area (Å²) < 4.78 is 10.7. The summed E-state index contributed by atoms with van der Waals surface area (Å²) in [6.45, 7) is 5.11. The van der Waals surface area contributed by atoms with Crippen LogP contribution in [0, 0.1) is 11.8 Å². The minimum atomic E-state index is -0.796. The van der Waals surface area contributed by atoms with E-state index in [2.05, 4.69) is 10.6 Å². The fourth-order valence-electron chi connectivity index (χ4n) is 3.34. The molecule has 170 valence electrons. The molecular formula is C23H32N2O6. The molecule has 2 atom stereocenters. The van der Waals surface area contributed by atoms with E-state index in [0.29, 0.717) is 32.6 Å². The highest BCUT2D eigenvalue weighted by atomic mass is 16.5. The van der Waals surface area contributed by atoms with Crippen molar-refractivity contribution in [1.29, 1.82) is 0 Å². The van der Waals surface area contributed by atoms with Crippen molar-refractivity contribution in [3.05, 3.63) is 35.9 Å². The van der Waals surface area contributed by atoms with Crippen molar-refractivity contribution < 1.29 is 28.7 Å². The number of benzene rings is 1. The molecule has 1 aromatic rings. The Morgan fingerprint density at radius 3 is 2.65 bits per heavy atom. The van der Waals surface area contributed by atoms with E-state index in [1.807, 2.05) is 44.2 Å². The Balaban J connectivity index is 1.98. The number of amides is 2. The SMILES string of the molecule is CC(C)CC(NC(=O)OCc1ccccc1)C(=O)CC1CCOCCCNC(=O)C1=O. The smallest absolute Gasteiger partial charge is 0.408 e. The van der Waals surface area contributed by atoms with Crippen molar-refractivity contribution in [3.63, 3.8) is 0 Å². The molecule has 8 heteroatoms. The normalized spacial score (nSPS) is 18.7. The lowest BCUT2D eigenvalue weighted by atomic mass is 9.89. The molecule has 2 N–H and O–H groups in total. The molecule has 8 nitrogen and oxygen atoms in total. The second kappa shape index (κ2) is 12.8. The Bertz CT molecular complexity index is 750. The highest BCUT2D eigenvalue weighted by Gasteiger charge is 2.31. The van der Waals surface area contributed by atoms with Crippen LogP contribution in [0.3, 0.4) is 0 Å². The van der Waals surface area contributed by atoms with Crippen LogP contribution in [-0.2, 0) is 30.5 Å². The lowest BCUT2D eigenvalue weighted by Crippen LogP contribution is -2.44. The van der Waals surface area contributed by atoms with Gasteiger partial charge >= 0.3 is 6.09 Å². The largest absolute Gasteiger partial charge is 0.445 e. The molecule has 0 aromatic heterocycles. The molecule has 0 radical (unpaired) electrons. The molecule has 2 rings (SSSR count). The van der Waals surface area contributed by atoms with Gasteiger partial charge in [0.25, 0.3) is 5.91 Å². The van der Waals surface area contributed by atoms with Gasteiger partial charge in [0.1, 0.15) is 6.61 Å². The van der Waals surface area contributed by atoms with Gasteiger partial charge in [0.2, 0.25) is 5.78 Å². The molecule has 1 aliphatic rings. The lowest BCUT2D eigenvalue weighted by Gasteiger charge is -2.22. The molecule has 31 heavy (non-hydrogen) atoms. The van der Waals surface area contributed by atoms with Gasteiger partial charge in [0.15, 0.2) is 5.78 Å². The van der Waals surface area contributed by atoms with Crippen LogP contribution < -0.4 is 10.6 Å². The Labute approximate surface area is 183 Å². The zero-order valence-electron chi connectivity index (χ0n) is 18.2. The first-order chi connectivity index (χ1) is 14.9. The zero-order chi connectivity index (χ0) is 22.6. The number of ketones is 2. The fraction of sp³-hybridized carbons (Fsp3) is 0.565. The fourth-order valence-corrected chi connectivity index (χ4v) is 3.34. The standard InChI is InChI=1S/C23H32N2O6/c1-16(2)13-19(25-23(29)31-15-17-7-4-3-5-8-17)20(26)14-18-9-12-30-11-6-10-24-22(28)21(18)27/h3-5,7-8,16,18-19H,6,9-15H2,1-2H3,(H,24,28)(H,25,29). The van der Waals surface area contributed by atoms with Crippen LogP contribution in [-0.4, -0.2) is 49.4 Å². The van der Waals surface area contributed by atoms with Gasteiger partial charge in [-0.3, -0.25) is 14.4 Å². The number of hydrogen-bond donors (Lipinski definition) is 2. The Kier molecular flexibility index (Phi) is 10.2. The highest BCUT2D eigenvalue weighted by Crippen LogP contribution is 2.17. The van der Waals surface area contributed by atoms with Crippen LogP contribution in [0.4, 0.5) is 4.79 Å². The van der Waals surface area contributed by atoms with Crippen LogP contribution in [0.1, 0.15) is 45.1 Å². The topological polar surface area (TPSA) is 111 Å². The van der Waals surface area contributed by atoms with E-state index in [9.17, 15) is 19.2 Å². The van der Waals surface area contributed by atoms with Crippen molar-refractivity contribution in [3.8, 4) is 0 Å². The van der Waals surface area contributed by atoms with Gasteiger partial charge in [-0.05, 0) is 30.7 Å². The summed E-state index contributed by atoms with van der Waals surface area (Å²) in [5.41, 5.74) is 0.836. The summed E-state index contributed by atoms with van der Waals surface area (Å²) in [6, 6.07) is 8.43. The number of Topliss-reactive ketones (excluding diaryl/α,β-unsaturated/α-hetero) is 2. The number of carbonyl (C=O) groups is 4. The molecule has 0 saturated carbocycles. The first-order valence-corrected chi connectivity index (χ1v) is 10.8. The van der Waals surface area contributed by atoms with E-state index in [1.165, 1.54) is 0 Å². The minimum Gasteiger partial charge on any atom is -0.445 e. The third-order valence-corrected chi connectivity index (χ3v) is 5.00. The van der Waals surface area contributed by atoms with Gasteiger partial charge in [-0.2, -0.15) is 0 Å². The quantitative estimate of drug-likeness (QED) is 0.610. The number of alkyl carbamates (subject to hydrolysis) is 1. The summed E-state index contributed by atoms with van der Waals surface area (Å²) in [4.78, 5) is 49.8. The predicted octanol–water partition coefficient (Wildman–Crippen LogP) is 2.40. The van der Waals surface area contributed by atoms with Gasteiger partial charge in [-0.15, -0.1) is 0 Å². The molecule has 2 unspecified atom stereocenters. The summed E-state index contributed by atoms with van der Waals surface area (Å²) >= 11 is 0. The molecule has 1 saturated heterocycles. The van der Waals surface area contributed by atoms with Crippen molar-refractivity contribution in [2.75, 3.05) is 19.8 Å². The first kappa shape index (κ1) is 24.5. The van der Waals surface area contributed by atoms with Crippen molar-refractivity contribution in [1.82, 2.24) is 10.6 Å². The van der Waals surface area contributed by atoms with Crippen LogP contribution >= 0.6 is 0 Å².